The normalized spacial score (nSPS) is 14.2. The fraction of sp³-hybridized carbons (Fsp3) is 0.200. The van der Waals surface area contributed by atoms with Gasteiger partial charge in [0.05, 0.1) is 24.9 Å². The standard InChI is InChI=1S/C30H26ClN5O4S/c1-16-34-35-30-23(14-28(39)32-10-9-21-11-18-12-25(37)26(38)15-27(18)41-21)33-29(17-3-5-19(31)6-4-17)22-13-20(40-2)7-8-24(22)36(16)30/h3-8,11-13,15,23,37-38H,9-10,14H2,1-2H3,(H,32,39)/t23-/m0/s1. The largest absolute Gasteiger partial charge is 0.504 e. The average molecular weight is 588 g/mol. The van der Waals surface area contributed by atoms with E-state index in [0.717, 1.165) is 31.8 Å². The summed E-state index contributed by atoms with van der Waals surface area (Å²) in [5.41, 5.74) is 3.24. The summed E-state index contributed by atoms with van der Waals surface area (Å²) >= 11 is 7.69. The molecule has 1 amide bonds. The van der Waals surface area contributed by atoms with Gasteiger partial charge in [0.25, 0.3) is 0 Å². The Morgan fingerprint density at radius 1 is 1.07 bits per heavy atom. The van der Waals surface area contributed by atoms with Gasteiger partial charge in [-0.2, -0.15) is 0 Å². The number of hydrogen-bond donors (Lipinski definition) is 3. The second-order valence-electron chi connectivity index (χ2n) is 9.72. The zero-order valence-corrected chi connectivity index (χ0v) is 23.8. The number of carbonyl (C=O) groups is 1. The summed E-state index contributed by atoms with van der Waals surface area (Å²) in [4.78, 5) is 19.3. The molecule has 0 aliphatic carbocycles. The molecule has 3 N–H and O–H groups in total. The van der Waals surface area contributed by atoms with Gasteiger partial charge in [-0.1, -0.05) is 23.7 Å². The molecule has 0 spiro atoms. The third-order valence-corrected chi connectivity index (χ3v) is 8.40. The number of amides is 1. The first-order chi connectivity index (χ1) is 19.8. The van der Waals surface area contributed by atoms with Crippen LogP contribution in [0.25, 0.3) is 15.8 Å². The predicted molar refractivity (Wildman–Crippen MR) is 159 cm³/mol. The van der Waals surface area contributed by atoms with E-state index in [1.807, 2.05) is 60.0 Å². The maximum absolute atomic E-state index is 13.2. The van der Waals surface area contributed by atoms with E-state index in [4.69, 9.17) is 21.3 Å². The van der Waals surface area contributed by atoms with E-state index in [9.17, 15) is 15.0 Å². The maximum atomic E-state index is 13.2. The summed E-state index contributed by atoms with van der Waals surface area (Å²) in [5, 5.41) is 32.8. The lowest BCUT2D eigenvalue weighted by molar-refractivity contribution is -0.121. The lowest BCUT2D eigenvalue weighted by atomic mass is 10.00. The number of halogens is 1. The molecule has 1 aliphatic rings. The molecule has 6 rings (SSSR count). The highest BCUT2D eigenvalue weighted by Gasteiger charge is 2.30. The number of aromatic hydroxyl groups is 2. The number of rotatable bonds is 7. The summed E-state index contributed by atoms with van der Waals surface area (Å²) < 4.78 is 8.34. The van der Waals surface area contributed by atoms with E-state index in [0.29, 0.717) is 41.1 Å². The van der Waals surface area contributed by atoms with Gasteiger partial charge in [-0.25, -0.2) is 0 Å². The quantitative estimate of drug-likeness (QED) is 0.216. The predicted octanol–water partition coefficient (Wildman–Crippen LogP) is 5.50. The van der Waals surface area contributed by atoms with Gasteiger partial charge in [-0.15, -0.1) is 21.5 Å². The van der Waals surface area contributed by atoms with Crippen LogP contribution in [0.3, 0.4) is 0 Å². The number of carbonyl (C=O) groups excluding carboxylic acids is 1. The van der Waals surface area contributed by atoms with E-state index in [1.165, 1.54) is 17.4 Å². The molecule has 11 heteroatoms. The summed E-state index contributed by atoms with van der Waals surface area (Å²) in [7, 11) is 1.62. The summed E-state index contributed by atoms with van der Waals surface area (Å²) in [6, 6.07) is 17.7. The molecule has 41 heavy (non-hydrogen) atoms. The Kier molecular flexibility index (Phi) is 7.10. The fourth-order valence-electron chi connectivity index (χ4n) is 4.99. The highest BCUT2D eigenvalue weighted by molar-refractivity contribution is 7.19. The topological polar surface area (TPSA) is 122 Å². The lowest BCUT2D eigenvalue weighted by Crippen LogP contribution is -2.27. The highest BCUT2D eigenvalue weighted by atomic mass is 35.5. The molecule has 0 saturated heterocycles. The van der Waals surface area contributed by atoms with Crippen molar-refractivity contribution in [1.82, 2.24) is 20.1 Å². The van der Waals surface area contributed by atoms with Crippen LogP contribution in [0.4, 0.5) is 0 Å². The van der Waals surface area contributed by atoms with Gasteiger partial charge >= 0.3 is 0 Å². The zero-order chi connectivity index (χ0) is 28.7. The van der Waals surface area contributed by atoms with Crippen LogP contribution in [0.1, 0.15) is 40.1 Å². The smallest absolute Gasteiger partial charge is 0.222 e. The number of nitrogens with one attached hydrogen (secondary N) is 1. The number of aryl methyl sites for hydroxylation is 1. The molecule has 1 aliphatic heterocycles. The van der Waals surface area contributed by atoms with Crippen molar-refractivity contribution in [3.63, 3.8) is 0 Å². The first-order valence-corrected chi connectivity index (χ1v) is 14.2. The van der Waals surface area contributed by atoms with E-state index < -0.39 is 6.04 Å². The second-order valence-corrected chi connectivity index (χ2v) is 11.3. The van der Waals surface area contributed by atoms with E-state index >= 15 is 0 Å². The maximum Gasteiger partial charge on any atom is 0.222 e. The Bertz CT molecular complexity index is 1770. The van der Waals surface area contributed by atoms with Crippen molar-refractivity contribution in [2.45, 2.75) is 25.8 Å². The van der Waals surface area contributed by atoms with Gasteiger partial charge in [-0.3, -0.25) is 14.4 Å². The molecule has 2 aromatic heterocycles. The number of benzene rings is 3. The van der Waals surface area contributed by atoms with Crippen molar-refractivity contribution in [2.75, 3.05) is 13.7 Å². The van der Waals surface area contributed by atoms with Crippen LogP contribution >= 0.6 is 22.9 Å². The van der Waals surface area contributed by atoms with E-state index in [1.54, 1.807) is 13.2 Å². The van der Waals surface area contributed by atoms with Gasteiger partial charge in [0.2, 0.25) is 5.91 Å². The Balaban J connectivity index is 1.28. The number of thiophene rings is 1. The van der Waals surface area contributed by atoms with Crippen molar-refractivity contribution in [1.29, 1.82) is 0 Å². The number of nitrogens with zero attached hydrogens (tertiary/aromatic N) is 4. The lowest BCUT2D eigenvalue weighted by Gasteiger charge is -2.14. The Morgan fingerprint density at radius 3 is 2.63 bits per heavy atom. The molecule has 0 fully saturated rings. The molecule has 1 atom stereocenters. The SMILES string of the molecule is COc1ccc2c(c1)C(c1ccc(Cl)cc1)=N[C@@H](CC(=O)NCCc1cc3cc(O)c(O)cc3s1)c1nnc(C)n1-2. The van der Waals surface area contributed by atoms with Gasteiger partial charge in [-0.05, 0) is 61.2 Å². The molecular formula is C30H26ClN5O4S. The molecule has 208 valence electrons. The minimum absolute atomic E-state index is 0.0779. The number of ether oxygens (including phenoxy) is 1. The van der Waals surface area contributed by atoms with E-state index in [2.05, 4.69) is 15.5 Å². The van der Waals surface area contributed by atoms with Crippen molar-refractivity contribution >= 4 is 44.6 Å². The minimum atomic E-state index is -0.587. The third kappa shape index (κ3) is 5.23. The fourth-order valence-corrected chi connectivity index (χ4v) is 6.20. The molecule has 3 heterocycles. The van der Waals surface area contributed by atoms with Crippen molar-refractivity contribution in [3.8, 4) is 22.9 Å². The summed E-state index contributed by atoms with van der Waals surface area (Å²) in [5.74, 6) is 1.48. The summed E-state index contributed by atoms with van der Waals surface area (Å²) in [6.45, 7) is 2.30. The van der Waals surface area contributed by atoms with Gasteiger partial charge in [0, 0.05) is 38.3 Å². The van der Waals surface area contributed by atoms with Crippen LogP contribution in [-0.2, 0) is 11.2 Å². The molecular weight excluding hydrogens is 562 g/mol. The van der Waals surface area contributed by atoms with E-state index in [-0.39, 0.29) is 23.8 Å². The van der Waals surface area contributed by atoms with Crippen LogP contribution < -0.4 is 10.1 Å². The molecule has 0 unspecified atom stereocenters. The van der Waals surface area contributed by atoms with Gasteiger partial charge < -0.3 is 20.3 Å². The first-order valence-electron chi connectivity index (χ1n) is 13.0. The number of methoxy groups -OCH3 is 1. The number of aliphatic imine (C=N–C) groups is 1. The molecule has 0 bridgehead atoms. The number of phenolic OH excluding ortho intramolecular Hbond substituents is 2. The second kappa shape index (κ2) is 10.9. The Hall–Kier alpha value is -4.41. The van der Waals surface area contributed by atoms with Gasteiger partial charge in [0.15, 0.2) is 17.3 Å². The van der Waals surface area contributed by atoms with Crippen molar-refractivity contribution in [3.05, 3.63) is 93.3 Å². The minimum Gasteiger partial charge on any atom is -0.504 e. The van der Waals surface area contributed by atoms with Crippen LogP contribution in [0, 0.1) is 6.92 Å². The number of phenols is 2. The Morgan fingerprint density at radius 2 is 1.85 bits per heavy atom. The van der Waals surface area contributed by atoms with Crippen LogP contribution in [-0.4, -0.2) is 50.3 Å². The van der Waals surface area contributed by atoms with Crippen molar-refractivity contribution < 1.29 is 19.7 Å². The first kappa shape index (κ1) is 26.8. The number of aromatic nitrogens is 3. The molecule has 0 saturated carbocycles. The van der Waals surface area contributed by atoms with Crippen LogP contribution in [0.2, 0.25) is 5.02 Å². The van der Waals surface area contributed by atoms with Crippen LogP contribution in [0.5, 0.6) is 17.2 Å². The highest BCUT2D eigenvalue weighted by Crippen LogP contribution is 2.36. The monoisotopic (exact) mass is 587 g/mol. The molecule has 9 nitrogen and oxygen atoms in total. The zero-order valence-electron chi connectivity index (χ0n) is 22.3. The van der Waals surface area contributed by atoms with Crippen LogP contribution in [0.15, 0.2) is 65.7 Å². The number of hydrogen-bond acceptors (Lipinski definition) is 8. The van der Waals surface area contributed by atoms with Crippen molar-refractivity contribution in [2.24, 2.45) is 4.99 Å². The average Bonchev–Trinajstić information content (AvgIpc) is 3.50. The number of fused-ring (bicyclic) bond motifs is 4. The molecule has 0 radical (unpaired) electrons. The Labute approximate surface area is 244 Å². The third-order valence-electron chi connectivity index (χ3n) is 6.99. The van der Waals surface area contributed by atoms with Gasteiger partial charge in [0.1, 0.15) is 17.6 Å². The molecule has 5 aromatic rings. The summed E-state index contributed by atoms with van der Waals surface area (Å²) in [6.07, 6.45) is 0.686. The molecule has 3 aromatic carbocycles.